The van der Waals surface area contributed by atoms with Crippen molar-refractivity contribution in [3.05, 3.63) is 119 Å². The predicted molar refractivity (Wildman–Crippen MR) is 148 cm³/mol. The van der Waals surface area contributed by atoms with Crippen LogP contribution in [0.2, 0.25) is 0 Å². The molecule has 0 aliphatic rings. The van der Waals surface area contributed by atoms with E-state index in [0.717, 1.165) is 23.1 Å². The van der Waals surface area contributed by atoms with E-state index in [4.69, 9.17) is 19.2 Å². The molecule has 0 spiro atoms. The summed E-state index contributed by atoms with van der Waals surface area (Å²) in [6.45, 7) is 7.87. The molecule has 1 atom stereocenters. The number of aryl methyl sites for hydroxylation is 1. The van der Waals surface area contributed by atoms with Crippen molar-refractivity contribution in [2.45, 2.75) is 33.0 Å². The van der Waals surface area contributed by atoms with E-state index in [0.29, 0.717) is 28.3 Å². The van der Waals surface area contributed by atoms with Crippen molar-refractivity contribution in [1.29, 1.82) is 0 Å². The molecule has 0 aliphatic carbocycles. The third-order valence-electron chi connectivity index (χ3n) is 6.38. The summed E-state index contributed by atoms with van der Waals surface area (Å²) < 4.78 is 32.1. The summed E-state index contributed by atoms with van der Waals surface area (Å²) >= 11 is 0. The Morgan fingerprint density at radius 1 is 0.974 bits per heavy atom. The van der Waals surface area contributed by atoms with Crippen LogP contribution in [0.3, 0.4) is 0 Å². The lowest BCUT2D eigenvalue weighted by atomic mass is 9.93. The van der Waals surface area contributed by atoms with Crippen molar-refractivity contribution >= 4 is 6.08 Å². The second kappa shape index (κ2) is 12.5. The molecule has 5 nitrogen and oxygen atoms in total. The molecule has 4 aromatic rings. The lowest BCUT2D eigenvalue weighted by Gasteiger charge is -2.21. The zero-order valence-corrected chi connectivity index (χ0v) is 21.9. The fourth-order valence-corrected chi connectivity index (χ4v) is 4.32. The summed E-state index contributed by atoms with van der Waals surface area (Å²) in [6, 6.07) is 22.5. The lowest BCUT2D eigenvalue weighted by Crippen LogP contribution is -2.11. The topological polar surface area (TPSA) is 60.8 Å². The number of hydrogen-bond donors (Lipinski definition) is 1. The highest BCUT2D eigenvalue weighted by atomic mass is 19.1. The minimum absolute atomic E-state index is 0.0550. The number of pyridine rings is 1. The van der Waals surface area contributed by atoms with Crippen molar-refractivity contribution < 1.29 is 23.7 Å². The maximum absolute atomic E-state index is 15.5. The molecule has 3 aromatic carbocycles. The maximum Gasteiger partial charge on any atom is 0.188 e. The van der Waals surface area contributed by atoms with Crippen LogP contribution in [0.4, 0.5) is 4.39 Å². The molecule has 0 amide bonds. The Balaban J connectivity index is 1.72. The zero-order chi connectivity index (χ0) is 27.1. The van der Waals surface area contributed by atoms with E-state index < -0.39 is 11.9 Å². The first-order valence-corrected chi connectivity index (χ1v) is 12.5. The molecular weight excluding hydrogens is 481 g/mol. The van der Waals surface area contributed by atoms with E-state index in [2.05, 4.69) is 13.5 Å². The highest BCUT2D eigenvalue weighted by Gasteiger charge is 2.24. The smallest absolute Gasteiger partial charge is 0.188 e. The Morgan fingerprint density at radius 3 is 2.45 bits per heavy atom. The number of aliphatic hydroxyl groups is 1. The number of halogens is 1. The first kappa shape index (κ1) is 27.0. The molecule has 0 aliphatic heterocycles. The molecule has 1 N–H and O–H groups in total. The van der Waals surface area contributed by atoms with Gasteiger partial charge in [0.05, 0.1) is 5.69 Å². The quantitative estimate of drug-likeness (QED) is 0.218. The molecule has 1 heterocycles. The summed E-state index contributed by atoms with van der Waals surface area (Å²) in [4.78, 5) is 4.77. The van der Waals surface area contributed by atoms with Crippen LogP contribution < -0.4 is 9.47 Å². The summed E-state index contributed by atoms with van der Waals surface area (Å²) in [5, 5.41) is 11.5. The van der Waals surface area contributed by atoms with Gasteiger partial charge in [-0.15, -0.1) is 0 Å². The number of hydrogen-bond acceptors (Lipinski definition) is 5. The molecule has 1 unspecified atom stereocenters. The van der Waals surface area contributed by atoms with Gasteiger partial charge in [-0.05, 0) is 65.4 Å². The molecule has 0 bridgehead atoms. The van der Waals surface area contributed by atoms with Gasteiger partial charge < -0.3 is 19.3 Å². The van der Waals surface area contributed by atoms with Crippen molar-refractivity contribution in [3.63, 3.8) is 0 Å². The summed E-state index contributed by atoms with van der Waals surface area (Å²) in [6.07, 6.45) is 1.25. The van der Waals surface area contributed by atoms with Gasteiger partial charge in [-0.2, -0.15) is 0 Å². The van der Waals surface area contributed by atoms with Crippen LogP contribution >= 0.6 is 0 Å². The minimum atomic E-state index is -1.20. The van der Waals surface area contributed by atoms with Crippen LogP contribution in [-0.2, 0) is 17.8 Å². The lowest BCUT2D eigenvalue weighted by molar-refractivity contribution is 0.0512. The van der Waals surface area contributed by atoms with Crippen molar-refractivity contribution in [2.24, 2.45) is 0 Å². The molecule has 38 heavy (non-hydrogen) atoms. The second-order valence-electron chi connectivity index (χ2n) is 8.89. The van der Waals surface area contributed by atoms with Gasteiger partial charge in [0.2, 0.25) is 0 Å². The molecule has 0 saturated carbocycles. The predicted octanol–water partition coefficient (Wildman–Crippen LogP) is 7.04. The van der Waals surface area contributed by atoms with E-state index in [9.17, 15) is 5.11 Å². The molecule has 196 valence electrons. The van der Waals surface area contributed by atoms with Crippen molar-refractivity contribution in [1.82, 2.24) is 4.98 Å². The van der Waals surface area contributed by atoms with Gasteiger partial charge >= 0.3 is 0 Å². The number of ether oxygens (including phenoxy) is 3. The summed E-state index contributed by atoms with van der Waals surface area (Å²) in [7, 11) is 1.55. The number of benzene rings is 3. The van der Waals surface area contributed by atoms with Crippen LogP contribution in [0, 0.1) is 12.7 Å². The number of methoxy groups -OCH3 is 1. The third-order valence-corrected chi connectivity index (χ3v) is 6.38. The molecule has 0 radical (unpaired) electrons. The van der Waals surface area contributed by atoms with Gasteiger partial charge in [0, 0.05) is 12.7 Å². The Bertz CT molecular complexity index is 1400. The van der Waals surface area contributed by atoms with Crippen LogP contribution in [-0.4, -0.2) is 24.0 Å². The van der Waals surface area contributed by atoms with E-state index in [1.54, 1.807) is 38.3 Å². The molecule has 1 aromatic heterocycles. The van der Waals surface area contributed by atoms with Crippen LogP contribution in [0.5, 0.6) is 11.5 Å². The Hall–Kier alpha value is -4.00. The average Bonchev–Trinajstić information content (AvgIpc) is 2.96. The summed E-state index contributed by atoms with van der Waals surface area (Å²) in [5.74, 6) is 0.0922. The fourth-order valence-electron chi connectivity index (χ4n) is 4.32. The van der Waals surface area contributed by atoms with Gasteiger partial charge in [0.1, 0.15) is 24.2 Å². The Labute approximate surface area is 223 Å². The Kier molecular flexibility index (Phi) is 8.89. The second-order valence-corrected chi connectivity index (χ2v) is 8.89. The standard InChI is InChI=1S/C32H32FNO4/c1-5-22-13-10-14-25(17-22)31-27(38-20-36-4)16-15-26(34-31)32(35)29-21(3)30(33)28(18-24(29)6-2)37-19-23-11-8-7-9-12-23/h6-18,32,35H,2,5,19-20H2,1,3-4H3. The molecule has 4 rings (SSSR count). The molecule has 0 fully saturated rings. The first-order chi connectivity index (χ1) is 18.5. The monoisotopic (exact) mass is 513 g/mol. The van der Waals surface area contributed by atoms with Gasteiger partial charge in [-0.3, -0.25) is 0 Å². The summed E-state index contributed by atoms with van der Waals surface area (Å²) in [5.41, 5.74) is 5.06. The number of aliphatic hydroxyl groups excluding tert-OH is 1. The number of aromatic nitrogens is 1. The fraction of sp³-hybridized carbons (Fsp3) is 0.219. The van der Waals surface area contributed by atoms with Crippen LogP contribution in [0.15, 0.2) is 79.4 Å². The molecule has 0 saturated heterocycles. The third kappa shape index (κ3) is 5.93. The highest BCUT2D eigenvalue weighted by molar-refractivity contribution is 5.68. The minimum Gasteiger partial charge on any atom is -0.486 e. The van der Waals surface area contributed by atoms with Crippen molar-refractivity contribution in [3.8, 4) is 22.8 Å². The average molecular weight is 514 g/mol. The first-order valence-electron chi connectivity index (χ1n) is 12.5. The number of nitrogens with zero attached hydrogens (tertiary/aromatic N) is 1. The van der Waals surface area contributed by atoms with E-state index in [1.165, 1.54) is 0 Å². The van der Waals surface area contributed by atoms with E-state index >= 15 is 4.39 Å². The van der Waals surface area contributed by atoms with E-state index in [-0.39, 0.29) is 24.7 Å². The van der Waals surface area contributed by atoms with Crippen LogP contribution in [0.1, 0.15) is 46.5 Å². The van der Waals surface area contributed by atoms with Crippen molar-refractivity contribution in [2.75, 3.05) is 13.9 Å². The largest absolute Gasteiger partial charge is 0.486 e. The van der Waals surface area contributed by atoms with Gasteiger partial charge in [-0.25, -0.2) is 9.37 Å². The molecule has 6 heteroatoms. The maximum atomic E-state index is 15.5. The number of rotatable bonds is 11. The molecular formula is C32H32FNO4. The van der Waals surface area contributed by atoms with Gasteiger partial charge in [0.25, 0.3) is 0 Å². The van der Waals surface area contributed by atoms with E-state index in [1.807, 2.05) is 54.6 Å². The Morgan fingerprint density at radius 2 is 1.74 bits per heavy atom. The zero-order valence-electron chi connectivity index (χ0n) is 21.9. The highest BCUT2D eigenvalue weighted by Crippen LogP contribution is 2.37. The van der Waals surface area contributed by atoms with Gasteiger partial charge in [0.15, 0.2) is 18.4 Å². The van der Waals surface area contributed by atoms with Crippen LogP contribution in [0.25, 0.3) is 17.3 Å². The normalized spacial score (nSPS) is 11.7. The SMILES string of the molecule is C=Cc1cc(OCc2ccccc2)c(F)c(C)c1C(O)c1ccc(OCOC)c(-c2cccc(CC)c2)n1. The van der Waals surface area contributed by atoms with Gasteiger partial charge in [-0.1, -0.05) is 68.1 Å².